The van der Waals surface area contributed by atoms with E-state index in [4.69, 9.17) is 0 Å². The minimum Gasteiger partial charge on any atom is -0.354 e. The van der Waals surface area contributed by atoms with Crippen molar-refractivity contribution >= 4 is 17.3 Å². The molecular weight excluding hydrogens is 280 g/mol. The molecule has 1 aliphatic heterocycles. The van der Waals surface area contributed by atoms with Crippen molar-refractivity contribution in [2.45, 2.75) is 25.8 Å². The fourth-order valence-corrected chi connectivity index (χ4v) is 3.68. The van der Waals surface area contributed by atoms with Crippen molar-refractivity contribution in [3.63, 3.8) is 0 Å². The predicted octanol–water partition coefficient (Wildman–Crippen LogP) is 2.66. The molecule has 0 spiro atoms. The van der Waals surface area contributed by atoms with Gasteiger partial charge in [0.15, 0.2) is 5.96 Å². The number of piperidine rings is 1. The second-order valence-corrected chi connectivity index (χ2v) is 7.07. The van der Waals surface area contributed by atoms with E-state index < -0.39 is 0 Å². The van der Waals surface area contributed by atoms with E-state index in [1.165, 1.54) is 17.7 Å². The highest BCUT2D eigenvalue weighted by Gasteiger charge is 2.20. The topological polar surface area (TPSA) is 30.9 Å². The molecule has 2 rings (SSSR count). The zero-order valence-electron chi connectivity index (χ0n) is 13.7. The Morgan fingerprint density at radius 2 is 2.19 bits per heavy atom. The van der Waals surface area contributed by atoms with Crippen molar-refractivity contribution in [2.75, 3.05) is 40.8 Å². The number of guanidine groups is 1. The highest BCUT2D eigenvalue weighted by Crippen LogP contribution is 2.22. The van der Waals surface area contributed by atoms with Gasteiger partial charge in [-0.3, -0.25) is 4.99 Å². The molecule has 4 nitrogen and oxygen atoms in total. The fraction of sp³-hybridized carbons (Fsp3) is 0.688. The number of likely N-dealkylation sites (tertiary alicyclic amines) is 1. The first-order valence-electron chi connectivity index (χ1n) is 7.77. The molecule has 1 saturated heterocycles. The van der Waals surface area contributed by atoms with E-state index in [2.05, 4.69) is 58.6 Å². The molecule has 0 aliphatic carbocycles. The summed E-state index contributed by atoms with van der Waals surface area (Å²) >= 11 is 1.82. The van der Waals surface area contributed by atoms with Gasteiger partial charge in [0, 0.05) is 31.6 Å². The summed E-state index contributed by atoms with van der Waals surface area (Å²) in [5, 5.41) is 5.71. The van der Waals surface area contributed by atoms with Gasteiger partial charge < -0.3 is 15.1 Å². The van der Waals surface area contributed by atoms with E-state index in [0.29, 0.717) is 6.04 Å². The number of likely N-dealkylation sites (N-methyl/N-ethyl adjacent to an activating group) is 1. The zero-order valence-corrected chi connectivity index (χ0v) is 14.5. The molecule has 0 bridgehead atoms. The van der Waals surface area contributed by atoms with Crippen LogP contribution >= 0.6 is 11.3 Å². The smallest absolute Gasteiger partial charge is 0.193 e. The van der Waals surface area contributed by atoms with Gasteiger partial charge >= 0.3 is 0 Å². The number of hydrogen-bond acceptors (Lipinski definition) is 3. The number of nitrogens with one attached hydrogen (secondary N) is 1. The molecule has 1 atom stereocenters. The SMILES string of the molecule is CN=C(NCC(c1cccs1)N(C)C)N1CCC(C)CC1. The molecule has 1 aromatic heterocycles. The van der Waals surface area contributed by atoms with Crippen molar-refractivity contribution in [1.82, 2.24) is 15.1 Å². The Morgan fingerprint density at radius 3 is 2.71 bits per heavy atom. The first-order chi connectivity index (χ1) is 10.1. The van der Waals surface area contributed by atoms with Gasteiger partial charge in [-0.05, 0) is 44.3 Å². The van der Waals surface area contributed by atoms with Crippen LogP contribution in [0, 0.1) is 5.92 Å². The number of nitrogens with zero attached hydrogens (tertiary/aromatic N) is 3. The zero-order chi connectivity index (χ0) is 15.2. The van der Waals surface area contributed by atoms with Gasteiger partial charge in [0.05, 0.1) is 6.04 Å². The maximum absolute atomic E-state index is 4.47. The molecule has 0 aromatic carbocycles. The molecule has 0 saturated carbocycles. The molecule has 118 valence electrons. The molecule has 21 heavy (non-hydrogen) atoms. The average Bonchev–Trinajstić information content (AvgIpc) is 2.98. The van der Waals surface area contributed by atoms with Crippen LogP contribution in [-0.4, -0.2) is 56.5 Å². The maximum Gasteiger partial charge on any atom is 0.193 e. The summed E-state index contributed by atoms with van der Waals surface area (Å²) in [7, 11) is 6.16. The van der Waals surface area contributed by atoms with Crippen LogP contribution in [0.1, 0.15) is 30.7 Å². The first-order valence-corrected chi connectivity index (χ1v) is 8.65. The highest BCUT2D eigenvalue weighted by molar-refractivity contribution is 7.10. The third-order valence-electron chi connectivity index (χ3n) is 4.24. The van der Waals surface area contributed by atoms with Crippen LogP contribution < -0.4 is 5.32 Å². The van der Waals surface area contributed by atoms with Gasteiger partial charge in [-0.25, -0.2) is 0 Å². The summed E-state index contributed by atoms with van der Waals surface area (Å²) in [6, 6.07) is 4.73. The molecule has 2 heterocycles. The normalized spacial score (nSPS) is 19.1. The van der Waals surface area contributed by atoms with Crippen molar-refractivity contribution < 1.29 is 0 Å². The molecular formula is C16H28N4S. The Bertz CT molecular complexity index is 433. The molecule has 0 amide bonds. The summed E-state index contributed by atoms with van der Waals surface area (Å²) in [4.78, 5) is 10.5. The summed E-state index contributed by atoms with van der Waals surface area (Å²) in [6.07, 6.45) is 2.53. The van der Waals surface area contributed by atoms with Crippen molar-refractivity contribution in [3.05, 3.63) is 22.4 Å². The molecule has 1 unspecified atom stereocenters. The molecule has 1 aromatic rings. The minimum absolute atomic E-state index is 0.394. The third kappa shape index (κ3) is 4.45. The van der Waals surface area contributed by atoms with E-state index in [1.54, 1.807) is 0 Å². The number of aliphatic imine (C=N–C) groups is 1. The number of thiophene rings is 1. The Morgan fingerprint density at radius 1 is 1.48 bits per heavy atom. The van der Waals surface area contributed by atoms with Crippen LogP contribution in [0.4, 0.5) is 0 Å². The lowest BCUT2D eigenvalue weighted by molar-refractivity contribution is 0.265. The second-order valence-electron chi connectivity index (χ2n) is 6.09. The monoisotopic (exact) mass is 308 g/mol. The minimum atomic E-state index is 0.394. The number of hydrogen-bond donors (Lipinski definition) is 1. The summed E-state index contributed by atoms with van der Waals surface area (Å²) in [5.74, 6) is 1.89. The molecule has 5 heteroatoms. The molecule has 1 N–H and O–H groups in total. The predicted molar refractivity (Wildman–Crippen MR) is 92.1 cm³/mol. The lowest BCUT2D eigenvalue weighted by atomic mass is 9.99. The van der Waals surface area contributed by atoms with E-state index in [0.717, 1.165) is 31.5 Å². The Balaban J connectivity index is 1.92. The summed E-state index contributed by atoms with van der Waals surface area (Å²) in [5.41, 5.74) is 0. The quantitative estimate of drug-likeness (QED) is 0.685. The largest absolute Gasteiger partial charge is 0.354 e. The Kier molecular flexibility index (Phi) is 6.06. The Labute approximate surface area is 132 Å². The second kappa shape index (κ2) is 7.80. The van der Waals surface area contributed by atoms with Crippen LogP contribution in [0.5, 0.6) is 0 Å². The maximum atomic E-state index is 4.47. The van der Waals surface area contributed by atoms with Crippen molar-refractivity contribution in [1.29, 1.82) is 0 Å². The molecule has 0 radical (unpaired) electrons. The lowest BCUT2D eigenvalue weighted by Crippen LogP contribution is -2.47. The third-order valence-corrected chi connectivity index (χ3v) is 5.22. The van der Waals surface area contributed by atoms with Gasteiger partial charge in [0.25, 0.3) is 0 Å². The molecule has 1 fully saturated rings. The van der Waals surface area contributed by atoms with Crippen LogP contribution in [0.3, 0.4) is 0 Å². The van der Waals surface area contributed by atoms with Gasteiger partial charge in [-0.1, -0.05) is 13.0 Å². The average molecular weight is 308 g/mol. The van der Waals surface area contributed by atoms with E-state index >= 15 is 0 Å². The van der Waals surface area contributed by atoms with Crippen LogP contribution in [0.25, 0.3) is 0 Å². The lowest BCUT2D eigenvalue weighted by Gasteiger charge is -2.34. The van der Waals surface area contributed by atoms with Crippen LogP contribution in [-0.2, 0) is 0 Å². The first kappa shape index (κ1) is 16.3. The van der Waals surface area contributed by atoms with E-state index in [-0.39, 0.29) is 0 Å². The molecule has 1 aliphatic rings. The van der Waals surface area contributed by atoms with Gasteiger partial charge in [-0.15, -0.1) is 11.3 Å². The fourth-order valence-electron chi connectivity index (χ4n) is 2.76. The Hall–Kier alpha value is -1.07. The summed E-state index contributed by atoms with van der Waals surface area (Å²) in [6.45, 7) is 5.47. The number of rotatable bonds is 4. The standard InChI is InChI=1S/C16H28N4S/c1-13-7-9-20(10-8-13)16(17-2)18-12-14(19(3)4)15-6-5-11-21-15/h5-6,11,13-14H,7-10,12H2,1-4H3,(H,17,18). The highest BCUT2D eigenvalue weighted by atomic mass is 32.1. The van der Waals surface area contributed by atoms with E-state index in [9.17, 15) is 0 Å². The van der Waals surface area contributed by atoms with Gasteiger partial charge in [0.2, 0.25) is 0 Å². The van der Waals surface area contributed by atoms with Gasteiger partial charge in [0.1, 0.15) is 0 Å². The van der Waals surface area contributed by atoms with Gasteiger partial charge in [-0.2, -0.15) is 0 Å². The van der Waals surface area contributed by atoms with E-state index in [1.807, 2.05) is 18.4 Å². The van der Waals surface area contributed by atoms with Crippen LogP contribution in [0.2, 0.25) is 0 Å². The van der Waals surface area contributed by atoms with Crippen molar-refractivity contribution in [2.24, 2.45) is 10.9 Å². The van der Waals surface area contributed by atoms with Crippen molar-refractivity contribution in [3.8, 4) is 0 Å². The van der Waals surface area contributed by atoms with Crippen LogP contribution in [0.15, 0.2) is 22.5 Å². The summed E-state index contributed by atoms with van der Waals surface area (Å²) < 4.78 is 0.